The Labute approximate surface area is 115 Å². The van der Waals surface area contributed by atoms with Crippen LogP contribution in [0.15, 0.2) is 35.2 Å². The van der Waals surface area contributed by atoms with Gasteiger partial charge >= 0.3 is 0 Å². The molecular formula is C14H20N2O2S. The van der Waals surface area contributed by atoms with Gasteiger partial charge in [-0.25, -0.2) is 8.42 Å². The van der Waals surface area contributed by atoms with E-state index in [1.165, 1.54) is 0 Å². The van der Waals surface area contributed by atoms with Gasteiger partial charge in [-0.1, -0.05) is 25.1 Å². The minimum absolute atomic E-state index is 0.0839. The molecule has 104 valence electrons. The first-order valence-electron chi connectivity index (χ1n) is 6.39. The second-order valence-corrected chi connectivity index (χ2v) is 6.66. The number of rotatable bonds is 7. The molecule has 1 rings (SSSR count). The third-order valence-electron chi connectivity index (χ3n) is 2.98. The minimum Gasteiger partial charge on any atom is -0.301 e. The Hall–Kier alpha value is -1.38. The molecule has 0 N–H and O–H groups in total. The molecule has 0 radical (unpaired) electrons. The van der Waals surface area contributed by atoms with Crippen LogP contribution in [0.5, 0.6) is 0 Å². The highest BCUT2D eigenvalue weighted by Crippen LogP contribution is 2.10. The number of sulfone groups is 1. The van der Waals surface area contributed by atoms with Crippen molar-refractivity contribution in [2.24, 2.45) is 5.92 Å². The van der Waals surface area contributed by atoms with Gasteiger partial charge in [-0.3, -0.25) is 0 Å². The molecule has 0 amide bonds. The smallest absolute Gasteiger partial charge is 0.179 e. The van der Waals surface area contributed by atoms with Gasteiger partial charge in [0.1, 0.15) is 0 Å². The van der Waals surface area contributed by atoms with Crippen LogP contribution in [0.1, 0.15) is 13.8 Å². The molecule has 1 aromatic rings. The fraction of sp³-hybridized carbons (Fsp3) is 0.500. The summed E-state index contributed by atoms with van der Waals surface area (Å²) in [4.78, 5) is 2.35. The highest BCUT2D eigenvalue weighted by molar-refractivity contribution is 7.91. The third-order valence-corrected chi connectivity index (χ3v) is 4.69. The van der Waals surface area contributed by atoms with Crippen molar-refractivity contribution >= 4 is 9.84 Å². The predicted molar refractivity (Wildman–Crippen MR) is 75.4 cm³/mol. The number of nitriles is 1. The first-order valence-corrected chi connectivity index (χ1v) is 8.04. The molecule has 0 aliphatic rings. The zero-order chi connectivity index (χ0) is 14.3. The Morgan fingerprint density at radius 3 is 2.47 bits per heavy atom. The monoisotopic (exact) mass is 280 g/mol. The van der Waals surface area contributed by atoms with E-state index in [1.54, 1.807) is 30.3 Å². The molecule has 1 aromatic carbocycles. The molecular weight excluding hydrogens is 260 g/mol. The Balaban J connectivity index is 2.62. The topological polar surface area (TPSA) is 61.2 Å². The predicted octanol–water partition coefficient (Wildman–Crippen LogP) is 1.94. The molecule has 0 saturated carbocycles. The van der Waals surface area contributed by atoms with E-state index in [0.717, 1.165) is 6.54 Å². The van der Waals surface area contributed by atoms with E-state index in [1.807, 2.05) is 18.7 Å². The zero-order valence-corrected chi connectivity index (χ0v) is 12.2. The number of nitrogens with zero attached hydrogens (tertiary/aromatic N) is 2. The lowest BCUT2D eigenvalue weighted by atomic mass is 10.2. The van der Waals surface area contributed by atoms with Gasteiger partial charge in [-0.15, -0.1) is 0 Å². The van der Waals surface area contributed by atoms with Crippen molar-refractivity contribution in [3.8, 4) is 6.07 Å². The van der Waals surface area contributed by atoms with Gasteiger partial charge in [0.2, 0.25) is 0 Å². The molecule has 0 fully saturated rings. The quantitative estimate of drug-likeness (QED) is 0.766. The number of benzene rings is 1. The van der Waals surface area contributed by atoms with E-state index in [4.69, 9.17) is 5.26 Å². The molecule has 5 heteroatoms. The van der Waals surface area contributed by atoms with Crippen molar-refractivity contribution in [1.29, 1.82) is 5.26 Å². The Morgan fingerprint density at radius 2 is 1.95 bits per heavy atom. The fourth-order valence-corrected chi connectivity index (χ4v) is 3.11. The first-order chi connectivity index (χ1) is 8.99. The highest BCUT2D eigenvalue weighted by atomic mass is 32.2. The van der Waals surface area contributed by atoms with Crippen LogP contribution in [0.3, 0.4) is 0 Å². The Morgan fingerprint density at radius 1 is 1.32 bits per heavy atom. The van der Waals surface area contributed by atoms with Crippen molar-refractivity contribution in [3.63, 3.8) is 0 Å². The van der Waals surface area contributed by atoms with Crippen molar-refractivity contribution in [2.45, 2.75) is 18.7 Å². The lowest BCUT2D eigenvalue weighted by Gasteiger charge is -2.21. The second kappa shape index (κ2) is 7.27. The van der Waals surface area contributed by atoms with Crippen LogP contribution < -0.4 is 0 Å². The van der Waals surface area contributed by atoms with Crippen molar-refractivity contribution in [3.05, 3.63) is 30.3 Å². The summed E-state index contributed by atoms with van der Waals surface area (Å²) >= 11 is 0. The summed E-state index contributed by atoms with van der Waals surface area (Å²) < 4.78 is 24.2. The molecule has 0 unspecified atom stereocenters. The van der Waals surface area contributed by atoms with E-state index < -0.39 is 9.84 Å². The summed E-state index contributed by atoms with van der Waals surface area (Å²) in [5.74, 6) is 0.00240. The van der Waals surface area contributed by atoms with E-state index in [9.17, 15) is 8.42 Å². The molecule has 4 nitrogen and oxygen atoms in total. The van der Waals surface area contributed by atoms with E-state index >= 15 is 0 Å². The summed E-state index contributed by atoms with van der Waals surface area (Å²) in [6, 6.07) is 10.6. The molecule has 0 aliphatic heterocycles. The Kier molecular flexibility index (Phi) is 6.00. The lowest BCUT2D eigenvalue weighted by Crippen LogP contribution is -2.32. The van der Waals surface area contributed by atoms with E-state index in [0.29, 0.717) is 18.0 Å². The highest BCUT2D eigenvalue weighted by Gasteiger charge is 2.16. The summed E-state index contributed by atoms with van der Waals surface area (Å²) in [6.07, 6.45) is 0. The average Bonchev–Trinajstić information content (AvgIpc) is 2.44. The minimum atomic E-state index is -3.23. The van der Waals surface area contributed by atoms with Crippen LogP contribution in [-0.2, 0) is 9.84 Å². The largest absolute Gasteiger partial charge is 0.301 e. The molecule has 0 aliphatic carbocycles. The molecule has 0 aromatic heterocycles. The van der Waals surface area contributed by atoms with Crippen LogP contribution in [0.25, 0.3) is 0 Å². The maximum absolute atomic E-state index is 12.1. The third kappa shape index (κ3) is 5.01. The number of hydrogen-bond donors (Lipinski definition) is 0. The summed E-state index contributed by atoms with van der Waals surface area (Å²) in [7, 11) is -3.23. The van der Waals surface area contributed by atoms with Crippen LogP contribution in [-0.4, -0.2) is 38.7 Å². The van der Waals surface area contributed by atoms with Crippen molar-refractivity contribution < 1.29 is 8.42 Å². The van der Waals surface area contributed by atoms with Gasteiger partial charge in [0.15, 0.2) is 9.84 Å². The first kappa shape index (κ1) is 15.7. The van der Waals surface area contributed by atoms with Gasteiger partial charge < -0.3 is 4.90 Å². The van der Waals surface area contributed by atoms with Crippen molar-refractivity contribution in [1.82, 2.24) is 4.90 Å². The van der Waals surface area contributed by atoms with Gasteiger partial charge in [0, 0.05) is 13.1 Å². The number of hydrogen-bond acceptors (Lipinski definition) is 4. The van der Waals surface area contributed by atoms with Gasteiger partial charge in [0.25, 0.3) is 0 Å². The maximum atomic E-state index is 12.1. The van der Waals surface area contributed by atoms with Gasteiger partial charge in [-0.05, 0) is 25.6 Å². The van der Waals surface area contributed by atoms with Crippen LogP contribution in [0, 0.1) is 17.2 Å². The van der Waals surface area contributed by atoms with Gasteiger partial charge in [0.05, 0.1) is 22.6 Å². The standard InChI is InChI=1S/C14H20N2O2S/c1-3-16(12-13(2)11-15)9-10-19(17,18)14-7-5-4-6-8-14/h4-8,13H,3,9-10,12H2,1-2H3/t13-/m1/s1. The maximum Gasteiger partial charge on any atom is 0.179 e. The second-order valence-electron chi connectivity index (χ2n) is 4.56. The van der Waals surface area contributed by atoms with Crippen molar-refractivity contribution in [2.75, 3.05) is 25.4 Å². The summed E-state index contributed by atoms with van der Waals surface area (Å²) in [5.41, 5.74) is 0. The summed E-state index contributed by atoms with van der Waals surface area (Å²) in [6.45, 7) is 5.63. The van der Waals surface area contributed by atoms with Gasteiger partial charge in [-0.2, -0.15) is 5.26 Å². The molecule has 19 heavy (non-hydrogen) atoms. The van der Waals surface area contributed by atoms with E-state index in [2.05, 4.69) is 6.07 Å². The van der Waals surface area contributed by atoms with E-state index in [-0.39, 0.29) is 11.7 Å². The fourth-order valence-electron chi connectivity index (χ4n) is 1.80. The van der Waals surface area contributed by atoms with Crippen LogP contribution in [0.4, 0.5) is 0 Å². The SMILES string of the molecule is CCN(CCS(=O)(=O)c1ccccc1)C[C@H](C)C#N. The lowest BCUT2D eigenvalue weighted by molar-refractivity contribution is 0.283. The summed E-state index contributed by atoms with van der Waals surface area (Å²) in [5, 5.41) is 8.79. The van der Waals surface area contributed by atoms with Crippen LogP contribution in [0.2, 0.25) is 0 Å². The normalized spacial score (nSPS) is 13.2. The average molecular weight is 280 g/mol. The molecule has 0 bridgehead atoms. The molecule has 0 heterocycles. The molecule has 1 atom stereocenters. The molecule has 0 spiro atoms. The molecule has 0 saturated heterocycles. The van der Waals surface area contributed by atoms with Crippen LogP contribution >= 0.6 is 0 Å². The Bertz CT molecular complexity index is 520. The zero-order valence-electron chi connectivity index (χ0n) is 11.4.